The number of amides is 1. The molecule has 9 nitrogen and oxygen atoms in total. The number of nitrogens with zero attached hydrogens (tertiary/aromatic N) is 3. The van der Waals surface area contributed by atoms with Gasteiger partial charge in [0.15, 0.2) is 0 Å². The minimum absolute atomic E-state index is 0.0485. The Morgan fingerprint density at radius 1 is 1.19 bits per heavy atom. The zero-order valence-electron chi connectivity index (χ0n) is 17.8. The van der Waals surface area contributed by atoms with E-state index < -0.39 is 10.0 Å². The molecule has 1 aromatic carbocycles. The van der Waals surface area contributed by atoms with Gasteiger partial charge in [-0.3, -0.25) is 4.79 Å². The van der Waals surface area contributed by atoms with Gasteiger partial charge in [-0.25, -0.2) is 18.4 Å². The van der Waals surface area contributed by atoms with Crippen molar-refractivity contribution in [1.82, 2.24) is 19.6 Å². The molecule has 0 unspecified atom stereocenters. The van der Waals surface area contributed by atoms with Crippen LogP contribution in [0.25, 0.3) is 0 Å². The van der Waals surface area contributed by atoms with Gasteiger partial charge in [0.25, 0.3) is 0 Å². The van der Waals surface area contributed by atoms with Crippen LogP contribution in [0.3, 0.4) is 0 Å². The number of sulfonamides is 1. The predicted molar refractivity (Wildman–Crippen MR) is 118 cm³/mol. The summed E-state index contributed by atoms with van der Waals surface area (Å²) in [5, 5.41) is 9.27. The molecule has 1 fully saturated rings. The summed E-state index contributed by atoms with van der Waals surface area (Å²) in [6.45, 7) is 1.06. The number of piperidine rings is 1. The highest BCUT2D eigenvalue weighted by atomic mass is 32.2. The maximum Gasteiger partial charge on any atom is 0.243 e. The van der Waals surface area contributed by atoms with Gasteiger partial charge in [0.1, 0.15) is 11.6 Å². The summed E-state index contributed by atoms with van der Waals surface area (Å²) < 4.78 is 27.7. The number of rotatable bonds is 6. The number of aromatic nitrogens is 2. The van der Waals surface area contributed by atoms with Crippen molar-refractivity contribution in [2.75, 3.05) is 31.3 Å². The molecule has 31 heavy (non-hydrogen) atoms. The highest BCUT2D eigenvalue weighted by molar-refractivity contribution is 7.89. The molecule has 1 atom stereocenters. The number of carbonyl (C=O) groups is 1. The summed E-state index contributed by atoms with van der Waals surface area (Å²) in [7, 11) is -0.377. The second kappa shape index (κ2) is 8.89. The molecule has 3 N–H and O–H groups in total. The third-order valence-corrected chi connectivity index (χ3v) is 7.54. The van der Waals surface area contributed by atoms with Crippen LogP contribution < -0.4 is 16.0 Å². The fourth-order valence-corrected chi connectivity index (χ4v) is 5.16. The van der Waals surface area contributed by atoms with Crippen LogP contribution >= 0.6 is 0 Å². The van der Waals surface area contributed by atoms with E-state index in [9.17, 15) is 13.2 Å². The Balaban J connectivity index is 1.57. The minimum Gasteiger partial charge on any atom is -0.373 e. The Bertz CT molecular complexity index is 1080. The van der Waals surface area contributed by atoms with E-state index in [1.54, 1.807) is 32.3 Å². The van der Waals surface area contributed by atoms with Gasteiger partial charge in [0, 0.05) is 32.3 Å². The number of anilines is 2. The van der Waals surface area contributed by atoms with Crippen molar-refractivity contribution in [3.63, 3.8) is 0 Å². The Labute approximate surface area is 182 Å². The fourth-order valence-electron chi connectivity index (χ4n) is 3.97. The highest BCUT2D eigenvalue weighted by Crippen LogP contribution is 2.27. The summed E-state index contributed by atoms with van der Waals surface area (Å²) in [5.74, 6) is 1.31. The fraction of sp³-hybridized carbons (Fsp3) is 0.476. The van der Waals surface area contributed by atoms with Gasteiger partial charge in [-0.15, -0.1) is 0 Å². The van der Waals surface area contributed by atoms with Gasteiger partial charge >= 0.3 is 0 Å². The van der Waals surface area contributed by atoms with Crippen LogP contribution in [-0.2, 0) is 27.8 Å². The van der Waals surface area contributed by atoms with Crippen molar-refractivity contribution in [3.8, 4) is 0 Å². The molecule has 2 aliphatic rings. The molecule has 0 saturated carbocycles. The molecule has 0 spiro atoms. The van der Waals surface area contributed by atoms with Crippen molar-refractivity contribution in [2.45, 2.75) is 49.6 Å². The first-order valence-corrected chi connectivity index (χ1v) is 12.0. The molecule has 10 heteroatoms. The number of nitrogens with one attached hydrogen (secondary N) is 3. The zero-order valence-corrected chi connectivity index (χ0v) is 18.6. The van der Waals surface area contributed by atoms with Crippen molar-refractivity contribution in [3.05, 3.63) is 41.3 Å². The lowest BCUT2D eigenvalue weighted by molar-refractivity contribution is -0.116. The first-order chi connectivity index (χ1) is 14.9. The maximum atomic E-state index is 13.2. The van der Waals surface area contributed by atoms with Crippen molar-refractivity contribution in [1.29, 1.82) is 0 Å². The highest BCUT2D eigenvalue weighted by Gasteiger charge is 2.25. The van der Waals surface area contributed by atoms with Gasteiger partial charge in [-0.2, -0.15) is 4.31 Å². The lowest BCUT2D eigenvalue weighted by Crippen LogP contribution is -2.30. The van der Waals surface area contributed by atoms with Gasteiger partial charge in [-0.05, 0) is 49.6 Å². The minimum atomic E-state index is -3.72. The van der Waals surface area contributed by atoms with E-state index in [2.05, 4.69) is 25.9 Å². The van der Waals surface area contributed by atoms with Crippen LogP contribution in [0.1, 0.15) is 48.8 Å². The largest absolute Gasteiger partial charge is 0.373 e. The first-order valence-electron chi connectivity index (χ1n) is 10.5. The topological polar surface area (TPSA) is 116 Å². The quantitative estimate of drug-likeness (QED) is 0.624. The molecule has 2 aliphatic heterocycles. The van der Waals surface area contributed by atoms with Gasteiger partial charge in [0.05, 0.1) is 23.2 Å². The molecule has 166 valence electrons. The second-order valence-corrected chi connectivity index (χ2v) is 10.0. The first kappa shape index (κ1) is 21.7. The van der Waals surface area contributed by atoms with Crippen LogP contribution in [0.2, 0.25) is 0 Å². The van der Waals surface area contributed by atoms with Crippen molar-refractivity contribution in [2.24, 2.45) is 0 Å². The van der Waals surface area contributed by atoms with Crippen LogP contribution in [0.5, 0.6) is 0 Å². The number of aryl methyl sites for hydroxylation is 1. The summed E-state index contributed by atoms with van der Waals surface area (Å²) in [6, 6.07) is 6.70. The molecular formula is C21H28N6O3S. The molecule has 2 aromatic rings. The van der Waals surface area contributed by atoms with Crippen LogP contribution in [0, 0.1) is 0 Å². The summed E-state index contributed by atoms with van der Waals surface area (Å²) in [4.78, 5) is 21.0. The summed E-state index contributed by atoms with van der Waals surface area (Å²) >= 11 is 0. The lowest BCUT2D eigenvalue weighted by atomic mass is 10.0. The molecule has 1 amide bonds. The maximum absolute atomic E-state index is 13.2. The normalized spacial score (nSPS) is 19.1. The second-order valence-electron chi connectivity index (χ2n) is 7.98. The number of fused-ring (bicyclic) bond motifs is 1. The molecule has 0 bridgehead atoms. The Morgan fingerprint density at radius 3 is 2.77 bits per heavy atom. The SMILES string of the molecule is CNc1cc(CN(C)S(=O)(=O)c2ccc3c(c2)CCC(=O)N3)nc([C@H]2CCCCN2)n1. The van der Waals surface area contributed by atoms with Gasteiger partial charge in [0.2, 0.25) is 15.9 Å². The molecule has 1 aromatic heterocycles. The Kier molecular flexibility index (Phi) is 6.22. The van der Waals surface area contributed by atoms with E-state index in [4.69, 9.17) is 0 Å². The van der Waals surface area contributed by atoms with E-state index in [1.807, 2.05) is 0 Å². The molecule has 4 rings (SSSR count). The molecule has 3 heterocycles. The molecule has 0 aliphatic carbocycles. The van der Waals surface area contributed by atoms with Crippen molar-refractivity contribution >= 4 is 27.4 Å². The average Bonchev–Trinajstić information content (AvgIpc) is 2.78. The van der Waals surface area contributed by atoms with E-state index in [-0.39, 0.29) is 23.4 Å². The lowest BCUT2D eigenvalue weighted by Gasteiger charge is -2.24. The summed E-state index contributed by atoms with van der Waals surface area (Å²) in [5.41, 5.74) is 2.15. The standard InChI is InChI=1S/C21H28N6O3S/c1-22-19-12-15(24-21(26-19)18-5-3-4-10-23-18)13-27(2)31(29,30)16-7-8-17-14(11-16)6-9-20(28)25-17/h7-8,11-12,18,23H,3-6,9-10,13H2,1-2H3,(H,25,28)(H,22,24,26)/t18-/m1/s1. The monoisotopic (exact) mass is 444 g/mol. The Morgan fingerprint density at radius 2 is 2.03 bits per heavy atom. The zero-order chi connectivity index (χ0) is 22.0. The van der Waals surface area contributed by atoms with E-state index in [1.165, 1.54) is 10.4 Å². The molecule has 1 saturated heterocycles. The Hall–Kier alpha value is -2.56. The summed E-state index contributed by atoms with van der Waals surface area (Å²) in [6.07, 6.45) is 4.11. The van der Waals surface area contributed by atoms with E-state index in [0.717, 1.165) is 31.4 Å². The van der Waals surface area contributed by atoms with Crippen molar-refractivity contribution < 1.29 is 13.2 Å². The van der Waals surface area contributed by atoms with Gasteiger partial charge in [-0.1, -0.05) is 6.42 Å². The molecule has 0 radical (unpaired) electrons. The van der Waals surface area contributed by atoms with Crippen LogP contribution in [-0.4, -0.2) is 49.2 Å². The smallest absolute Gasteiger partial charge is 0.243 e. The average molecular weight is 445 g/mol. The van der Waals surface area contributed by atoms with E-state index in [0.29, 0.717) is 35.9 Å². The molecular weight excluding hydrogens is 416 g/mol. The number of carbonyl (C=O) groups excluding carboxylic acids is 1. The third-order valence-electron chi connectivity index (χ3n) is 5.74. The van der Waals surface area contributed by atoms with Gasteiger partial charge < -0.3 is 16.0 Å². The third kappa shape index (κ3) is 4.70. The number of benzene rings is 1. The van der Waals surface area contributed by atoms with Crippen LogP contribution in [0.4, 0.5) is 11.5 Å². The van der Waals surface area contributed by atoms with E-state index >= 15 is 0 Å². The number of hydrogen-bond acceptors (Lipinski definition) is 7. The predicted octanol–water partition coefficient (Wildman–Crippen LogP) is 2.04. The van der Waals surface area contributed by atoms with Crippen LogP contribution in [0.15, 0.2) is 29.2 Å². The number of hydrogen-bond donors (Lipinski definition) is 3.